The van der Waals surface area contributed by atoms with E-state index in [2.05, 4.69) is 11.6 Å². The third-order valence-electron chi connectivity index (χ3n) is 4.04. The molecule has 1 aliphatic carbocycles. The van der Waals surface area contributed by atoms with Gasteiger partial charge in [0, 0.05) is 6.54 Å². The predicted octanol–water partition coefficient (Wildman–Crippen LogP) is 2.25. The largest absolute Gasteiger partial charge is 0.330 e. The molecule has 0 amide bonds. The molecule has 0 aromatic carbocycles. The van der Waals surface area contributed by atoms with E-state index in [1.165, 1.54) is 19.3 Å². The first-order chi connectivity index (χ1) is 9.07. The Bertz CT molecular complexity index is 318. The summed E-state index contributed by atoms with van der Waals surface area (Å²) >= 11 is 0. The number of hydrogen-bond donors (Lipinski definition) is 2. The van der Waals surface area contributed by atoms with E-state index in [-0.39, 0.29) is 0 Å². The fourth-order valence-electron chi connectivity index (χ4n) is 2.96. The molecule has 0 heterocycles. The second-order valence-electron chi connectivity index (χ2n) is 5.87. The molecule has 1 atom stereocenters. The van der Waals surface area contributed by atoms with Crippen LogP contribution in [0.5, 0.6) is 0 Å². The zero-order chi connectivity index (χ0) is 14.1. The molecule has 114 valence electrons. The summed E-state index contributed by atoms with van der Waals surface area (Å²) in [6.07, 6.45) is 8.80. The Morgan fingerprint density at radius 2 is 1.89 bits per heavy atom. The summed E-state index contributed by atoms with van der Waals surface area (Å²) in [4.78, 5) is 0. The number of hydrogen-bond acceptors (Lipinski definition) is 3. The lowest BCUT2D eigenvalue weighted by Crippen LogP contribution is -2.34. The van der Waals surface area contributed by atoms with Crippen LogP contribution in [0, 0.1) is 11.8 Å². The Hall–Kier alpha value is -0.130. The maximum atomic E-state index is 12.1. The summed E-state index contributed by atoms with van der Waals surface area (Å²) in [5, 5.41) is 0. The van der Waals surface area contributed by atoms with E-state index in [9.17, 15) is 8.42 Å². The molecule has 0 bridgehead atoms. The Morgan fingerprint density at radius 3 is 2.47 bits per heavy atom. The number of nitrogens with one attached hydrogen (secondary N) is 1. The summed E-state index contributed by atoms with van der Waals surface area (Å²) < 4.78 is 26.9. The third kappa shape index (κ3) is 7.28. The first kappa shape index (κ1) is 16.9. The number of rotatable bonds is 9. The quantitative estimate of drug-likeness (QED) is 0.684. The van der Waals surface area contributed by atoms with E-state index in [1.807, 2.05) is 0 Å². The monoisotopic (exact) mass is 290 g/mol. The highest BCUT2D eigenvalue weighted by Crippen LogP contribution is 2.24. The molecule has 0 aliphatic heterocycles. The zero-order valence-corrected chi connectivity index (χ0v) is 13.1. The Balaban J connectivity index is 2.35. The van der Waals surface area contributed by atoms with Crippen molar-refractivity contribution in [2.24, 2.45) is 17.6 Å². The van der Waals surface area contributed by atoms with E-state index in [4.69, 9.17) is 5.73 Å². The molecule has 0 saturated heterocycles. The van der Waals surface area contributed by atoms with Crippen molar-refractivity contribution in [3.05, 3.63) is 0 Å². The van der Waals surface area contributed by atoms with E-state index in [0.717, 1.165) is 32.1 Å². The molecule has 5 heteroatoms. The molecule has 1 rings (SSSR count). The van der Waals surface area contributed by atoms with Gasteiger partial charge >= 0.3 is 0 Å². The molecule has 1 saturated carbocycles. The fraction of sp³-hybridized carbons (Fsp3) is 1.00. The van der Waals surface area contributed by atoms with Gasteiger partial charge in [-0.2, -0.15) is 0 Å². The Kier molecular flexibility index (Phi) is 7.95. The highest BCUT2D eigenvalue weighted by Gasteiger charge is 2.21. The van der Waals surface area contributed by atoms with Crippen molar-refractivity contribution in [3.63, 3.8) is 0 Å². The lowest BCUT2D eigenvalue weighted by atomic mass is 9.91. The maximum absolute atomic E-state index is 12.1. The summed E-state index contributed by atoms with van der Waals surface area (Å²) in [6.45, 7) is 3.31. The number of nitrogens with two attached hydrogens (primary N) is 1. The molecule has 1 aliphatic rings. The van der Waals surface area contributed by atoms with Gasteiger partial charge in [-0.1, -0.05) is 32.6 Å². The third-order valence-corrected chi connectivity index (χ3v) is 5.56. The Morgan fingerprint density at radius 1 is 1.21 bits per heavy atom. The first-order valence-corrected chi connectivity index (χ1v) is 9.40. The van der Waals surface area contributed by atoms with Crippen LogP contribution in [-0.2, 0) is 10.0 Å². The van der Waals surface area contributed by atoms with Gasteiger partial charge in [-0.3, -0.25) is 0 Å². The minimum Gasteiger partial charge on any atom is -0.330 e. The van der Waals surface area contributed by atoms with E-state index >= 15 is 0 Å². The van der Waals surface area contributed by atoms with Gasteiger partial charge in [-0.15, -0.1) is 0 Å². The van der Waals surface area contributed by atoms with Crippen LogP contribution in [0.15, 0.2) is 0 Å². The van der Waals surface area contributed by atoms with E-state index in [1.54, 1.807) is 0 Å². The van der Waals surface area contributed by atoms with Crippen molar-refractivity contribution >= 4 is 10.0 Å². The van der Waals surface area contributed by atoms with Gasteiger partial charge < -0.3 is 5.73 Å². The molecule has 0 radical (unpaired) electrons. The van der Waals surface area contributed by atoms with Crippen LogP contribution >= 0.6 is 0 Å². The van der Waals surface area contributed by atoms with E-state index in [0.29, 0.717) is 30.7 Å². The molecule has 1 fully saturated rings. The van der Waals surface area contributed by atoms with Crippen molar-refractivity contribution in [1.82, 2.24) is 4.72 Å². The topological polar surface area (TPSA) is 72.2 Å². The van der Waals surface area contributed by atoms with Crippen LogP contribution in [0.2, 0.25) is 0 Å². The smallest absolute Gasteiger partial charge is 0.211 e. The lowest BCUT2D eigenvalue weighted by molar-refractivity contribution is 0.382. The lowest BCUT2D eigenvalue weighted by Gasteiger charge is -2.22. The molecule has 19 heavy (non-hydrogen) atoms. The summed E-state index contributed by atoms with van der Waals surface area (Å²) in [6, 6.07) is 0. The Labute approximate surface area is 118 Å². The van der Waals surface area contributed by atoms with Gasteiger partial charge in [0.05, 0.1) is 5.75 Å². The molecule has 3 N–H and O–H groups in total. The van der Waals surface area contributed by atoms with Crippen LogP contribution in [-0.4, -0.2) is 27.3 Å². The van der Waals surface area contributed by atoms with Gasteiger partial charge in [0.1, 0.15) is 0 Å². The van der Waals surface area contributed by atoms with Gasteiger partial charge in [0.15, 0.2) is 0 Å². The first-order valence-electron chi connectivity index (χ1n) is 7.74. The second-order valence-corrected chi connectivity index (χ2v) is 7.72. The van der Waals surface area contributed by atoms with Gasteiger partial charge in [-0.05, 0) is 44.1 Å². The zero-order valence-electron chi connectivity index (χ0n) is 12.2. The molecule has 4 nitrogen and oxygen atoms in total. The fourth-order valence-corrected chi connectivity index (χ4v) is 4.52. The highest BCUT2D eigenvalue weighted by atomic mass is 32.2. The van der Waals surface area contributed by atoms with E-state index < -0.39 is 10.0 Å². The van der Waals surface area contributed by atoms with Crippen molar-refractivity contribution in [2.45, 2.75) is 58.3 Å². The van der Waals surface area contributed by atoms with Gasteiger partial charge in [0.25, 0.3) is 0 Å². The normalized spacial score (nSPS) is 19.5. The molecular weight excluding hydrogens is 260 g/mol. The highest BCUT2D eigenvalue weighted by molar-refractivity contribution is 7.89. The predicted molar refractivity (Wildman–Crippen MR) is 80.4 cm³/mol. The van der Waals surface area contributed by atoms with Crippen LogP contribution in [0.3, 0.4) is 0 Å². The summed E-state index contributed by atoms with van der Waals surface area (Å²) in [7, 11) is -3.10. The van der Waals surface area contributed by atoms with Crippen LogP contribution in [0.4, 0.5) is 0 Å². The number of sulfonamides is 1. The standard InChI is InChI=1S/C14H30N2O2S/c1-2-6-13(9-10-15)11-16-19(17,18)12-14-7-4-3-5-8-14/h13-14,16H,2-12,15H2,1H3. The average Bonchev–Trinajstić information content (AvgIpc) is 2.37. The maximum Gasteiger partial charge on any atom is 0.211 e. The van der Waals surface area contributed by atoms with Gasteiger partial charge in [-0.25, -0.2) is 13.1 Å². The van der Waals surface area contributed by atoms with Crippen molar-refractivity contribution in [3.8, 4) is 0 Å². The minimum atomic E-state index is -3.10. The molecule has 0 aromatic heterocycles. The van der Waals surface area contributed by atoms with Crippen LogP contribution < -0.4 is 10.5 Å². The summed E-state index contributed by atoms with van der Waals surface area (Å²) in [5.41, 5.74) is 5.57. The molecule has 1 unspecified atom stereocenters. The van der Waals surface area contributed by atoms with Crippen LogP contribution in [0.25, 0.3) is 0 Å². The molecule has 0 spiro atoms. The van der Waals surface area contributed by atoms with Crippen LogP contribution in [0.1, 0.15) is 58.3 Å². The average molecular weight is 290 g/mol. The summed E-state index contributed by atoms with van der Waals surface area (Å²) in [5.74, 6) is 1.07. The minimum absolute atomic E-state index is 0.314. The SMILES string of the molecule is CCCC(CCN)CNS(=O)(=O)CC1CCCCC1. The second kappa shape index (κ2) is 8.93. The van der Waals surface area contributed by atoms with Crippen molar-refractivity contribution in [2.75, 3.05) is 18.8 Å². The van der Waals surface area contributed by atoms with Crippen molar-refractivity contribution in [1.29, 1.82) is 0 Å². The molecule has 0 aromatic rings. The van der Waals surface area contributed by atoms with Gasteiger partial charge in [0.2, 0.25) is 10.0 Å². The molecular formula is C14H30N2O2S. The van der Waals surface area contributed by atoms with Crippen molar-refractivity contribution < 1.29 is 8.42 Å².